The van der Waals surface area contributed by atoms with Gasteiger partial charge in [0.2, 0.25) is 17.7 Å². The van der Waals surface area contributed by atoms with Crippen molar-refractivity contribution < 1.29 is 14.4 Å². The van der Waals surface area contributed by atoms with Gasteiger partial charge in [-0.25, -0.2) is 0 Å². The molecule has 186 valence electrons. The summed E-state index contributed by atoms with van der Waals surface area (Å²) in [7, 11) is 0. The fourth-order valence-electron chi connectivity index (χ4n) is 3.29. The summed E-state index contributed by atoms with van der Waals surface area (Å²) in [6.07, 6.45) is 18.3. The largest absolute Gasteiger partial charge is 0.356 e. The SMILES string of the molecule is CCCCCC/C=C/CCCCC(=O)N[C@@H](CCC(=O)NCCCC)C(=O)NCCCC. The third-order valence-corrected chi connectivity index (χ3v) is 5.41. The van der Waals surface area contributed by atoms with Gasteiger partial charge < -0.3 is 16.0 Å². The smallest absolute Gasteiger partial charge is 0.242 e. The topological polar surface area (TPSA) is 87.3 Å². The molecule has 0 saturated heterocycles. The fraction of sp³-hybridized carbons (Fsp3) is 0.808. The molecule has 0 aliphatic rings. The van der Waals surface area contributed by atoms with Gasteiger partial charge in [-0.1, -0.05) is 65.0 Å². The van der Waals surface area contributed by atoms with E-state index in [1.54, 1.807) is 0 Å². The molecule has 0 aromatic rings. The number of rotatable bonds is 21. The van der Waals surface area contributed by atoms with Gasteiger partial charge in [-0.2, -0.15) is 0 Å². The van der Waals surface area contributed by atoms with Gasteiger partial charge in [0.25, 0.3) is 0 Å². The Hall–Kier alpha value is -1.85. The van der Waals surface area contributed by atoms with Crippen molar-refractivity contribution in [1.82, 2.24) is 16.0 Å². The molecule has 1 atom stereocenters. The van der Waals surface area contributed by atoms with Crippen LogP contribution < -0.4 is 16.0 Å². The molecule has 0 aromatic carbocycles. The second kappa shape index (κ2) is 22.3. The van der Waals surface area contributed by atoms with E-state index in [9.17, 15) is 14.4 Å². The zero-order valence-corrected chi connectivity index (χ0v) is 21.0. The zero-order valence-electron chi connectivity index (χ0n) is 21.0. The van der Waals surface area contributed by atoms with Crippen molar-refractivity contribution in [2.45, 2.75) is 123 Å². The Labute approximate surface area is 196 Å². The van der Waals surface area contributed by atoms with Crippen molar-refractivity contribution in [3.8, 4) is 0 Å². The van der Waals surface area contributed by atoms with Crippen LogP contribution >= 0.6 is 0 Å². The van der Waals surface area contributed by atoms with E-state index in [2.05, 4.69) is 48.9 Å². The molecular formula is C26H49N3O3. The quantitative estimate of drug-likeness (QED) is 0.166. The minimum atomic E-state index is -0.653. The number of carbonyl (C=O) groups is 3. The molecule has 0 aliphatic heterocycles. The van der Waals surface area contributed by atoms with Crippen LogP contribution in [0.5, 0.6) is 0 Å². The first kappa shape index (κ1) is 30.1. The molecule has 32 heavy (non-hydrogen) atoms. The Morgan fingerprint density at radius 1 is 0.656 bits per heavy atom. The molecular weight excluding hydrogens is 402 g/mol. The van der Waals surface area contributed by atoms with E-state index in [0.29, 0.717) is 25.9 Å². The van der Waals surface area contributed by atoms with E-state index in [0.717, 1.165) is 51.4 Å². The van der Waals surface area contributed by atoms with Crippen LogP contribution in [-0.2, 0) is 14.4 Å². The van der Waals surface area contributed by atoms with Crippen LogP contribution in [0.1, 0.15) is 117 Å². The molecule has 6 nitrogen and oxygen atoms in total. The summed E-state index contributed by atoms with van der Waals surface area (Å²) in [6.45, 7) is 7.60. The normalized spacial score (nSPS) is 12.0. The molecule has 0 radical (unpaired) electrons. The summed E-state index contributed by atoms with van der Waals surface area (Å²) in [6, 6.07) is -0.653. The highest BCUT2D eigenvalue weighted by Gasteiger charge is 2.21. The first-order valence-corrected chi connectivity index (χ1v) is 13.0. The maximum atomic E-state index is 12.5. The molecule has 0 bridgehead atoms. The highest BCUT2D eigenvalue weighted by atomic mass is 16.2. The Morgan fingerprint density at radius 2 is 1.25 bits per heavy atom. The predicted molar refractivity (Wildman–Crippen MR) is 133 cm³/mol. The van der Waals surface area contributed by atoms with Crippen LogP contribution in [0.15, 0.2) is 12.2 Å². The van der Waals surface area contributed by atoms with Crippen molar-refractivity contribution in [1.29, 1.82) is 0 Å². The summed E-state index contributed by atoms with van der Waals surface area (Å²) >= 11 is 0. The lowest BCUT2D eigenvalue weighted by Crippen LogP contribution is -2.47. The second-order valence-corrected chi connectivity index (χ2v) is 8.57. The van der Waals surface area contributed by atoms with Gasteiger partial charge in [-0.05, 0) is 51.4 Å². The number of amides is 3. The third-order valence-electron chi connectivity index (χ3n) is 5.41. The lowest BCUT2D eigenvalue weighted by molar-refractivity contribution is -0.129. The van der Waals surface area contributed by atoms with Crippen LogP contribution in [-0.4, -0.2) is 36.9 Å². The van der Waals surface area contributed by atoms with Gasteiger partial charge in [0.1, 0.15) is 6.04 Å². The van der Waals surface area contributed by atoms with E-state index >= 15 is 0 Å². The van der Waals surface area contributed by atoms with Crippen LogP contribution in [0.4, 0.5) is 0 Å². The number of allylic oxidation sites excluding steroid dienone is 2. The molecule has 0 unspecified atom stereocenters. The zero-order chi connectivity index (χ0) is 23.9. The van der Waals surface area contributed by atoms with E-state index in [-0.39, 0.29) is 24.1 Å². The summed E-state index contributed by atoms with van der Waals surface area (Å²) in [5.74, 6) is -0.379. The Kier molecular flexibility index (Phi) is 21.1. The first-order valence-electron chi connectivity index (χ1n) is 13.0. The minimum Gasteiger partial charge on any atom is -0.356 e. The van der Waals surface area contributed by atoms with Crippen molar-refractivity contribution in [2.75, 3.05) is 13.1 Å². The summed E-state index contributed by atoms with van der Waals surface area (Å²) in [5, 5.41) is 8.59. The highest BCUT2D eigenvalue weighted by molar-refractivity contribution is 5.88. The molecule has 0 spiro atoms. The van der Waals surface area contributed by atoms with Crippen molar-refractivity contribution in [3.63, 3.8) is 0 Å². The fourth-order valence-corrected chi connectivity index (χ4v) is 3.29. The predicted octanol–water partition coefficient (Wildman–Crippen LogP) is 5.17. The molecule has 0 heterocycles. The molecule has 3 amide bonds. The Morgan fingerprint density at radius 3 is 1.88 bits per heavy atom. The third kappa shape index (κ3) is 18.9. The highest BCUT2D eigenvalue weighted by Crippen LogP contribution is 2.06. The molecule has 0 aromatic heterocycles. The van der Waals surface area contributed by atoms with E-state index in [1.165, 1.54) is 25.7 Å². The van der Waals surface area contributed by atoms with Crippen LogP contribution in [0.3, 0.4) is 0 Å². The summed E-state index contributed by atoms with van der Waals surface area (Å²) < 4.78 is 0. The standard InChI is InChI=1S/C26H49N3O3/c1-4-7-10-11-12-13-14-15-16-17-18-25(31)29-23(26(32)28-22-9-6-3)19-20-24(30)27-21-8-5-2/h13-14,23H,4-12,15-22H2,1-3H3,(H,27,30)(H,28,32)(H,29,31)/b14-13+/t23-/m0/s1. The maximum absolute atomic E-state index is 12.5. The van der Waals surface area contributed by atoms with E-state index < -0.39 is 6.04 Å². The Balaban J connectivity index is 4.27. The van der Waals surface area contributed by atoms with Crippen LogP contribution in [0.2, 0.25) is 0 Å². The summed E-state index contributed by atoms with van der Waals surface area (Å²) in [5.41, 5.74) is 0. The average molecular weight is 452 g/mol. The number of carbonyl (C=O) groups excluding carboxylic acids is 3. The number of hydrogen-bond donors (Lipinski definition) is 3. The lowest BCUT2D eigenvalue weighted by Gasteiger charge is -2.18. The van der Waals surface area contributed by atoms with Gasteiger partial charge in [0.15, 0.2) is 0 Å². The van der Waals surface area contributed by atoms with E-state index in [1.807, 2.05) is 0 Å². The number of nitrogens with one attached hydrogen (secondary N) is 3. The van der Waals surface area contributed by atoms with Crippen molar-refractivity contribution in [2.24, 2.45) is 0 Å². The number of unbranched alkanes of at least 4 members (excludes halogenated alkanes) is 8. The van der Waals surface area contributed by atoms with Crippen molar-refractivity contribution >= 4 is 17.7 Å². The molecule has 6 heteroatoms. The van der Waals surface area contributed by atoms with Gasteiger partial charge in [-0.15, -0.1) is 0 Å². The van der Waals surface area contributed by atoms with E-state index in [4.69, 9.17) is 0 Å². The molecule has 0 aliphatic carbocycles. The van der Waals surface area contributed by atoms with Crippen molar-refractivity contribution in [3.05, 3.63) is 12.2 Å². The first-order chi connectivity index (χ1) is 15.5. The van der Waals surface area contributed by atoms with Gasteiger partial charge in [-0.3, -0.25) is 14.4 Å². The molecule has 0 saturated carbocycles. The maximum Gasteiger partial charge on any atom is 0.242 e. The minimum absolute atomic E-state index is 0.0689. The second-order valence-electron chi connectivity index (χ2n) is 8.57. The molecule has 3 N–H and O–H groups in total. The average Bonchev–Trinajstić information content (AvgIpc) is 2.78. The van der Waals surface area contributed by atoms with Gasteiger partial charge >= 0.3 is 0 Å². The molecule has 0 rings (SSSR count). The summed E-state index contributed by atoms with van der Waals surface area (Å²) in [4.78, 5) is 36.9. The Bertz CT molecular complexity index is 520. The van der Waals surface area contributed by atoms with Crippen LogP contribution in [0, 0.1) is 0 Å². The van der Waals surface area contributed by atoms with Gasteiger partial charge in [0.05, 0.1) is 0 Å². The number of hydrogen-bond acceptors (Lipinski definition) is 3. The monoisotopic (exact) mass is 451 g/mol. The van der Waals surface area contributed by atoms with Crippen LogP contribution in [0.25, 0.3) is 0 Å². The van der Waals surface area contributed by atoms with Gasteiger partial charge in [0, 0.05) is 25.9 Å². The molecule has 0 fully saturated rings. The lowest BCUT2D eigenvalue weighted by atomic mass is 10.1.